The van der Waals surface area contributed by atoms with E-state index in [2.05, 4.69) is 4.98 Å². The Labute approximate surface area is 139 Å². The molecular weight excluding hydrogens is 339 g/mol. The molecule has 0 radical (unpaired) electrons. The molecule has 7 heteroatoms. The SMILES string of the molecule is O=C(O)c1ccc(-c2nc(-c3ccccc3C(F)(F)F)cs2)cc1. The topological polar surface area (TPSA) is 50.2 Å². The highest BCUT2D eigenvalue weighted by Gasteiger charge is 2.33. The Morgan fingerprint density at radius 2 is 1.71 bits per heavy atom. The summed E-state index contributed by atoms with van der Waals surface area (Å²) in [5, 5.41) is 11.0. The molecule has 1 N–H and O–H groups in total. The molecule has 3 nitrogen and oxygen atoms in total. The van der Waals surface area contributed by atoms with Gasteiger partial charge in [-0.05, 0) is 18.2 Å². The molecule has 0 saturated carbocycles. The first kappa shape index (κ1) is 16.2. The second kappa shape index (κ2) is 6.09. The molecule has 0 atom stereocenters. The number of aromatic nitrogens is 1. The predicted molar refractivity (Wildman–Crippen MR) is 84.9 cm³/mol. The summed E-state index contributed by atoms with van der Waals surface area (Å²) >= 11 is 1.21. The van der Waals surface area contributed by atoms with Crippen LogP contribution in [0, 0.1) is 0 Å². The lowest BCUT2D eigenvalue weighted by Crippen LogP contribution is -2.06. The van der Waals surface area contributed by atoms with Crippen molar-refractivity contribution in [3.05, 3.63) is 65.0 Å². The van der Waals surface area contributed by atoms with Crippen LogP contribution in [0.3, 0.4) is 0 Å². The van der Waals surface area contributed by atoms with E-state index >= 15 is 0 Å². The highest BCUT2D eigenvalue weighted by Crippen LogP contribution is 2.38. The second-order valence-corrected chi connectivity index (χ2v) is 5.82. The molecule has 2 aromatic carbocycles. The van der Waals surface area contributed by atoms with Crippen molar-refractivity contribution in [1.82, 2.24) is 4.98 Å². The largest absolute Gasteiger partial charge is 0.478 e. The molecule has 0 bridgehead atoms. The lowest BCUT2D eigenvalue weighted by atomic mass is 10.1. The van der Waals surface area contributed by atoms with Gasteiger partial charge in [-0.3, -0.25) is 0 Å². The molecule has 0 saturated heterocycles. The van der Waals surface area contributed by atoms with Crippen LogP contribution in [0.5, 0.6) is 0 Å². The third-order valence-electron chi connectivity index (χ3n) is 3.39. The number of carboxylic acids is 1. The van der Waals surface area contributed by atoms with Crippen molar-refractivity contribution in [2.45, 2.75) is 6.18 Å². The van der Waals surface area contributed by atoms with Gasteiger partial charge in [0.05, 0.1) is 16.8 Å². The summed E-state index contributed by atoms with van der Waals surface area (Å²) in [4.78, 5) is 15.1. The van der Waals surface area contributed by atoms with E-state index in [1.54, 1.807) is 17.5 Å². The van der Waals surface area contributed by atoms with Crippen LogP contribution in [-0.2, 0) is 6.18 Å². The van der Waals surface area contributed by atoms with Gasteiger partial charge >= 0.3 is 12.1 Å². The summed E-state index contributed by atoms with van der Waals surface area (Å²) in [6.07, 6.45) is -4.45. The number of carbonyl (C=O) groups is 1. The summed E-state index contributed by atoms with van der Waals surface area (Å²) in [7, 11) is 0. The molecular formula is C17H10F3NO2S. The van der Waals surface area contributed by atoms with Gasteiger partial charge in [0.25, 0.3) is 0 Å². The highest BCUT2D eigenvalue weighted by molar-refractivity contribution is 7.13. The van der Waals surface area contributed by atoms with Gasteiger partial charge in [-0.25, -0.2) is 9.78 Å². The van der Waals surface area contributed by atoms with E-state index in [1.165, 1.54) is 41.7 Å². The zero-order valence-corrected chi connectivity index (χ0v) is 12.9. The van der Waals surface area contributed by atoms with Crippen LogP contribution in [0.4, 0.5) is 13.2 Å². The fourth-order valence-corrected chi connectivity index (χ4v) is 3.07. The van der Waals surface area contributed by atoms with Gasteiger partial charge in [-0.2, -0.15) is 13.2 Å². The molecule has 3 rings (SSSR count). The van der Waals surface area contributed by atoms with E-state index in [1.807, 2.05) is 0 Å². The fourth-order valence-electron chi connectivity index (χ4n) is 2.24. The average Bonchev–Trinajstić information content (AvgIpc) is 3.04. The van der Waals surface area contributed by atoms with Crippen LogP contribution in [0.1, 0.15) is 15.9 Å². The number of hydrogen-bond donors (Lipinski definition) is 1. The summed E-state index contributed by atoms with van der Waals surface area (Å²) in [6.45, 7) is 0. The summed E-state index contributed by atoms with van der Waals surface area (Å²) < 4.78 is 39.3. The Bertz CT molecular complexity index is 885. The molecule has 0 aliphatic rings. The maximum absolute atomic E-state index is 13.1. The van der Waals surface area contributed by atoms with Crippen molar-refractivity contribution in [3.63, 3.8) is 0 Å². The number of nitrogens with zero attached hydrogens (tertiary/aromatic N) is 1. The monoisotopic (exact) mass is 349 g/mol. The van der Waals surface area contributed by atoms with Crippen molar-refractivity contribution < 1.29 is 23.1 Å². The van der Waals surface area contributed by atoms with E-state index in [4.69, 9.17) is 5.11 Å². The number of benzene rings is 2. The average molecular weight is 349 g/mol. The van der Waals surface area contributed by atoms with E-state index < -0.39 is 17.7 Å². The molecule has 0 unspecified atom stereocenters. The number of thiazole rings is 1. The predicted octanol–water partition coefficient (Wildman–Crippen LogP) is 5.19. The zero-order valence-electron chi connectivity index (χ0n) is 12.0. The maximum atomic E-state index is 13.1. The molecule has 1 heterocycles. The Kier molecular flexibility index (Phi) is 4.11. The van der Waals surface area contributed by atoms with Crippen molar-refractivity contribution in [2.75, 3.05) is 0 Å². The quantitative estimate of drug-likeness (QED) is 0.707. The molecule has 0 spiro atoms. The van der Waals surface area contributed by atoms with Gasteiger partial charge in [-0.1, -0.05) is 30.3 Å². The number of halogens is 3. The molecule has 122 valence electrons. The Hall–Kier alpha value is -2.67. The number of hydrogen-bond acceptors (Lipinski definition) is 3. The van der Waals surface area contributed by atoms with Crippen LogP contribution >= 0.6 is 11.3 Å². The van der Waals surface area contributed by atoms with Gasteiger partial charge in [0.1, 0.15) is 5.01 Å². The fraction of sp³-hybridized carbons (Fsp3) is 0.0588. The molecule has 1 aromatic heterocycles. The standard InChI is InChI=1S/C17H10F3NO2S/c18-17(19,20)13-4-2-1-3-12(13)14-9-24-15(21-14)10-5-7-11(8-6-10)16(22)23/h1-9H,(H,22,23). The Balaban J connectivity index is 1.99. The number of aromatic carboxylic acids is 1. The lowest BCUT2D eigenvalue weighted by Gasteiger charge is -2.10. The van der Waals surface area contributed by atoms with E-state index in [0.29, 0.717) is 10.6 Å². The van der Waals surface area contributed by atoms with E-state index in [-0.39, 0.29) is 16.8 Å². The lowest BCUT2D eigenvalue weighted by molar-refractivity contribution is -0.137. The summed E-state index contributed by atoms with van der Waals surface area (Å²) in [5.41, 5.74) is 0.321. The first-order valence-electron chi connectivity index (χ1n) is 6.82. The minimum Gasteiger partial charge on any atom is -0.478 e. The summed E-state index contributed by atoms with van der Waals surface area (Å²) in [5.74, 6) is -1.04. The molecule has 24 heavy (non-hydrogen) atoms. The number of alkyl halides is 3. The maximum Gasteiger partial charge on any atom is 0.417 e. The molecule has 0 amide bonds. The van der Waals surface area contributed by atoms with Crippen molar-refractivity contribution in [2.24, 2.45) is 0 Å². The van der Waals surface area contributed by atoms with Crippen LogP contribution in [-0.4, -0.2) is 16.1 Å². The van der Waals surface area contributed by atoms with Crippen LogP contribution in [0.25, 0.3) is 21.8 Å². The van der Waals surface area contributed by atoms with Crippen LogP contribution < -0.4 is 0 Å². The molecule has 0 fully saturated rings. The number of rotatable bonds is 3. The molecule has 0 aliphatic carbocycles. The van der Waals surface area contributed by atoms with E-state index in [0.717, 1.165) is 6.07 Å². The molecule has 3 aromatic rings. The van der Waals surface area contributed by atoms with Gasteiger partial charge in [0.15, 0.2) is 0 Å². The Morgan fingerprint density at radius 3 is 2.33 bits per heavy atom. The third kappa shape index (κ3) is 3.16. The van der Waals surface area contributed by atoms with Crippen molar-refractivity contribution >= 4 is 17.3 Å². The van der Waals surface area contributed by atoms with Crippen LogP contribution in [0.15, 0.2) is 53.9 Å². The second-order valence-electron chi connectivity index (χ2n) is 4.96. The Morgan fingerprint density at radius 1 is 1.04 bits per heavy atom. The normalized spacial score (nSPS) is 11.5. The summed E-state index contributed by atoms with van der Waals surface area (Å²) in [6, 6.07) is 11.3. The van der Waals surface area contributed by atoms with Crippen molar-refractivity contribution in [3.8, 4) is 21.8 Å². The zero-order chi connectivity index (χ0) is 17.3. The first-order valence-corrected chi connectivity index (χ1v) is 7.70. The van der Waals surface area contributed by atoms with Crippen LogP contribution in [0.2, 0.25) is 0 Å². The van der Waals surface area contributed by atoms with Gasteiger partial charge in [-0.15, -0.1) is 11.3 Å². The smallest absolute Gasteiger partial charge is 0.417 e. The first-order chi connectivity index (χ1) is 11.4. The third-order valence-corrected chi connectivity index (χ3v) is 4.28. The van der Waals surface area contributed by atoms with Gasteiger partial charge in [0, 0.05) is 16.5 Å². The minimum absolute atomic E-state index is 0.0228. The van der Waals surface area contributed by atoms with Gasteiger partial charge < -0.3 is 5.11 Å². The number of carboxylic acid groups (broad SMARTS) is 1. The van der Waals surface area contributed by atoms with Crippen molar-refractivity contribution in [1.29, 1.82) is 0 Å². The molecule has 0 aliphatic heterocycles. The highest BCUT2D eigenvalue weighted by atomic mass is 32.1. The minimum atomic E-state index is -4.45. The van der Waals surface area contributed by atoms with E-state index in [9.17, 15) is 18.0 Å². The van der Waals surface area contributed by atoms with Gasteiger partial charge in [0.2, 0.25) is 0 Å².